The molecule has 0 spiro atoms. The Morgan fingerprint density at radius 2 is 2.16 bits per heavy atom. The van der Waals surface area contributed by atoms with Gasteiger partial charge in [0.15, 0.2) is 0 Å². The number of nitrogens with one attached hydrogen (secondary N) is 2. The molecule has 0 aliphatic heterocycles. The fourth-order valence-corrected chi connectivity index (χ4v) is 2.12. The lowest BCUT2D eigenvalue weighted by Crippen LogP contribution is -2.11. The summed E-state index contributed by atoms with van der Waals surface area (Å²) in [6, 6.07) is 9.98. The van der Waals surface area contributed by atoms with Crippen molar-refractivity contribution in [3.05, 3.63) is 59.5 Å². The van der Waals surface area contributed by atoms with Crippen molar-refractivity contribution < 1.29 is 0 Å². The van der Waals surface area contributed by atoms with Gasteiger partial charge in [0.05, 0.1) is 5.52 Å². The van der Waals surface area contributed by atoms with Gasteiger partial charge in [-0.1, -0.05) is 18.2 Å². The van der Waals surface area contributed by atoms with Crippen LogP contribution >= 0.6 is 0 Å². The van der Waals surface area contributed by atoms with Gasteiger partial charge in [0.2, 0.25) is 0 Å². The van der Waals surface area contributed by atoms with Gasteiger partial charge < -0.3 is 5.73 Å². The lowest BCUT2D eigenvalue weighted by atomic mass is 10.0. The number of fused-ring (bicyclic) bond motifs is 1. The number of aromatic amines is 1. The molecule has 5 nitrogen and oxygen atoms in total. The fourth-order valence-electron chi connectivity index (χ4n) is 2.12. The minimum Gasteiger partial charge on any atom is -0.382 e. The van der Waals surface area contributed by atoms with Crippen molar-refractivity contribution in [2.24, 2.45) is 5.73 Å². The monoisotopic (exact) mass is 251 g/mol. The van der Waals surface area contributed by atoms with Gasteiger partial charge in [-0.2, -0.15) is 5.10 Å². The van der Waals surface area contributed by atoms with Crippen molar-refractivity contribution >= 4 is 16.7 Å². The van der Waals surface area contributed by atoms with Crippen LogP contribution in [0.15, 0.2) is 42.7 Å². The van der Waals surface area contributed by atoms with Gasteiger partial charge in [0.1, 0.15) is 11.5 Å². The molecule has 0 saturated carbocycles. The molecule has 0 saturated heterocycles. The zero-order chi connectivity index (χ0) is 13.2. The van der Waals surface area contributed by atoms with E-state index < -0.39 is 0 Å². The Bertz CT molecular complexity index is 730. The van der Waals surface area contributed by atoms with Crippen molar-refractivity contribution in [2.75, 3.05) is 0 Å². The van der Waals surface area contributed by atoms with E-state index >= 15 is 0 Å². The Morgan fingerprint density at radius 3 is 2.89 bits per heavy atom. The summed E-state index contributed by atoms with van der Waals surface area (Å²) in [5.74, 6) is -0.0220. The molecule has 2 aromatic heterocycles. The Balaban J connectivity index is 1.97. The average molecular weight is 251 g/mol. The van der Waals surface area contributed by atoms with Crippen molar-refractivity contribution in [1.82, 2.24) is 15.2 Å². The lowest BCUT2D eigenvalue weighted by Gasteiger charge is -2.01. The van der Waals surface area contributed by atoms with Crippen molar-refractivity contribution in [3.8, 4) is 0 Å². The summed E-state index contributed by atoms with van der Waals surface area (Å²) in [4.78, 5) is 4.11. The third-order valence-corrected chi connectivity index (χ3v) is 3.01. The molecule has 0 amide bonds. The third-order valence-electron chi connectivity index (χ3n) is 3.01. The van der Waals surface area contributed by atoms with Gasteiger partial charge in [-0.25, -0.2) is 0 Å². The Hall–Kier alpha value is -2.69. The quantitative estimate of drug-likeness (QED) is 0.490. The van der Waals surface area contributed by atoms with Crippen LogP contribution in [-0.4, -0.2) is 21.0 Å². The zero-order valence-corrected chi connectivity index (χ0v) is 10.2. The lowest BCUT2D eigenvalue weighted by molar-refractivity contribution is 1.09. The number of benzene rings is 1. The number of pyridine rings is 1. The van der Waals surface area contributed by atoms with E-state index in [1.54, 1.807) is 6.20 Å². The number of aromatic nitrogens is 3. The normalized spacial score (nSPS) is 10.7. The Morgan fingerprint density at radius 1 is 1.26 bits per heavy atom. The summed E-state index contributed by atoms with van der Waals surface area (Å²) in [6.07, 6.45) is 4.44. The maximum Gasteiger partial charge on any atom is 0.144 e. The molecule has 1 aromatic carbocycles. The largest absolute Gasteiger partial charge is 0.382 e. The van der Waals surface area contributed by atoms with Crippen LogP contribution in [0.25, 0.3) is 10.9 Å². The summed E-state index contributed by atoms with van der Waals surface area (Å²) in [5.41, 5.74) is 9.20. The molecule has 0 aliphatic rings. The Labute approximate surface area is 110 Å². The van der Waals surface area contributed by atoms with E-state index in [-0.39, 0.29) is 5.84 Å². The van der Waals surface area contributed by atoms with Crippen molar-refractivity contribution in [1.29, 1.82) is 5.41 Å². The second kappa shape index (κ2) is 4.53. The van der Waals surface area contributed by atoms with Gasteiger partial charge in [-0.05, 0) is 29.7 Å². The van der Waals surface area contributed by atoms with Crippen molar-refractivity contribution in [2.45, 2.75) is 6.42 Å². The predicted octanol–water partition coefficient (Wildman–Crippen LogP) is 1.83. The standard InChI is InChI=1S/C14H13N5/c15-14(16)13-11-4-3-9(7-12(11)18-19-13)6-10-2-1-5-17-8-10/h1-5,7-8H,6H2,(H3,15,16)(H,18,19). The molecular formula is C14H13N5. The number of H-pyrrole nitrogens is 1. The third kappa shape index (κ3) is 2.18. The molecule has 0 atom stereocenters. The molecule has 3 rings (SSSR count). The highest BCUT2D eigenvalue weighted by molar-refractivity contribution is 6.05. The summed E-state index contributed by atoms with van der Waals surface area (Å²) in [6.45, 7) is 0. The van der Waals surface area contributed by atoms with Crippen LogP contribution < -0.4 is 5.73 Å². The molecule has 5 heteroatoms. The number of rotatable bonds is 3. The predicted molar refractivity (Wildman–Crippen MR) is 74.2 cm³/mol. The first-order valence-electron chi connectivity index (χ1n) is 5.94. The van der Waals surface area contributed by atoms with Gasteiger partial charge in [0.25, 0.3) is 0 Å². The van der Waals surface area contributed by atoms with E-state index in [1.807, 2.05) is 36.5 Å². The van der Waals surface area contributed by atoms with Crippen molar-refractivity contribution in [3.63, 3.8) is 0 Å². The zero-order valence-electron chi connectivity index (χ0n) is 10.2. The summed E-state index contributed by atoms with van der Waals surface area (Å²) < 4.78 is 0. The van der Waals surface area contributed by atoms with Crippen LogP contribution in [0.1, 0.15) is 16.8 Å². The number of hydrogen-bond acceptors (Lipinski definition) is 3. The molecule has 2 heterocycles. The number of nitrogens with two attached hydrogens (primary N) is 1. The average Bonchev–Trinajstić information content (AvgIpc) is 2.83. The molecule has 0 unspecified atom stereocenters. The highest BCUT2D eigenvalue weighted by Gasteiger charge is 2.08. The van der Waals surface area contributed by atoms with Gasteiger partial charge in [-0.15, -0.1) is 0 Å². The second-order valence-electron chi connectivity index (χ2n) is 4.40. The highest BCUT2D eigenvalue weighted by Crippen LogP contribution is 2.19. The topological polar surface area (TPSA) is 91.4 Å². The highest BCUT2D eigenvalue weighted by atomic mass is 15.1. The maximum absolute atomic E-state index is 7.45. The molecule has 0 bridgehead atoms. The molecule has 0 aliphatic carbocycles. The minimum atomic E-state index is -0.0220. The van der Waals surface area contributed by atoms with Crippen LogP contribution in [0.2, 0.25) is 0 Å². The molecule has 19 heavy (non-hydrogen) atoms. The first-order valence-corrected chi connectivity index (χ1v) is 5.94. The molecule has 94 valence electrons. The summed E-state index contributed by atoms with van der Waals surface area (Å²) >= 11 is 0. The van der Waals surface area contributed by atoms with Gasteiger partial charge in [0, 0.05) is 17.8 Å². The summed E-state index contributed by atoms with van der Waals surface area (Å²) in [7, 11) is 0. The Kier molecular flexibility index (Phi) is 2.72. The number of nitrogens with zero attached hydrogens (tertiary/aromatic N) is 2. The molecule has 0 fully saturated rings. The van der Waals surface area contributed by atoms with Gasteiger partial charge in [-0.3, -0.25) is 15.5 Å². The smallest absolute Gasteiger partial charge is 0.144 e. The first kappa shape index (κ1) is 11.4. The number of amidine groups is 1. The van der Waals surface area contributed by atoms with E-state index in [2.05, 4.69) is 15.2 Å². The van der Waals surface area contributed by atoms with Crippen LogP contribution in [-0.2, 0) is 6.42 Å². The molecule has 4 N–H and O–H groups in total. The first-order chi connectivity index (χ1) is 9.24. The molecule has 0 radical (unpaired) electrons. The maximum atomic E-state index is 7.45. The van der Waals surface area contributed by atoms with Gasteiger partial charge >= 0.3 is 0 Å². The minimum absolute atomic E-state index is 0.0220. The van der Waals surface area contributed by atoms with E-state index in [0.717, 1.165) is 22.9 Å². The number of hydrogen-bond donors (Lipinski definition) is 3. The summed E-state index contributed by atoms with van der Waals surface area (Å²) in [5, 5.41) is 15.3. The fraction of sp³-hybridized carbons (Fsp3) is 0.0714. The van der Waals surface area contributed by atoms with Crippen LogP contribution in [0.4, 0.5) is 0 Å². The van der Waals surface area contributed by atoms with Crippen LogP contribution in [0.5, 0.6) is 0 Å². The second-order valence-corrected chi connectivity index (χ2v) is 4.40. The van der Waals surface area contributed by atoms with E-state index in [4.69, 9.17) is 11.1 Å². The molecule has 3 aromatic rings. The van der Waals surface area contributed by atoms with E-state index in [9.17, 15) is 0 Å². The van der Waals surface area contributed by atoms with Crippen LogP contribution in [0, 0.1) is 5.41 Å². The molecular weight excluding hydrogens is 238 g/mol. The van der Waals surface area contributed by atoms with Crippen LogP contribution in [0.3, 0.4) is 0 Å². The SMILES string of the molecule is N=C(N)c1n[nH]c2cc(Cc3cccnc3)ccc12. The number of nitrogen functional groups attached to an aromatic ring is 1. The van der Waals surface area contributed by atoms with E-state index in [1.165, 1.54) is 5.56 Å². The van der Waals surface area contributed by atoms with E-state index in [0.29, 0.717) is 5.69 Å².